The number of aliphatic hydroxyl groups excluding tert-OH is 1. The molecule has 3 nitrogen and oxygen atoms in total. The van der Waals surface area contributed by atoms with Gasteiger partial charge in [0.25, 0.3) is 0 Å². The molecule has 1 unspecified atom stereocenters. The fourth-order valence-corrected chi connectivity index (χ4v) is 4.70. The molecule has 0 aliphatic heterocycles. The van der Waals surface area contributed by atoms with E-state index in [0.717, 1.165) is 25.7 Å². The van der Waals surface area contributed by atoms with E-state index in [-0.39, 0.29) is 35.6 Å². The van der Waals surface area contributed by atoms with Gasteiger partial charge in [0.15, 0.2) is 11.6 Å². The number of hydrogen-bond donors (Lipinski definition) is 1. The van der Waals surface area contributed by atoms with Crippen molar-refractivity contribution in [3.63, 3.8) is 0 Å². The second kappa shape index (κ2) is 11.8. The van der Waals surface area contributed by atoms with E-state index in [1.54, 1.807) is 61.5 Å². The molecule has 1 aliphatic rings. The normalized spacial score (nSPS) is 18.6. The predicted molar refractivity (Wildman–Crippen MR) is 134 cm³/mol. The van der Waals surface area contributed by atoms with Crippen LogP contribution in [0.1, 0.15) is 61.3 Å². The number of rotatable bonds is 9. The lowest BCUT2D eigenvalue weighted by atomic mass is 9.82. The van der Waals surface area contributed by atoms with E-state index in [1.807, 2.05) is 0 Å². The standard InChI is InChI=1S/C30H31F3O3/c1-3-16-35-25-13-15-26(28(31)17-25)21-8-11-24(12-9-21)36-18-23-10-14-27(30(33)29(23)32)22-6-4-20(5-7-22)19(2)34/h3-7,10,13-15,17,19,21,24,34H,1,8-9,11-12,16,18H2,2H3. The second-order valence-corrected chi connectivity index (χ2v) is 9.27. The van der Waals surface area contributed by atoms with E-state index < -0.39 is 17.7 Å². The SMILES string of the molecule is C=CCOc1ccc(C2CCC(OCc3ccc(-c4ccc(C(C)O)cc4)c(F)c3F)CC2)c(F)c1. The van der Waals surface area contributed by atoms with Crippen LogP contribution in [-0.4, -0.2) is 17.8 Å². The van der Waals surface area contributed by atoms with Crippen molar-refractivity contribution in [1.29, 1.82) is 0 Å². The van der Waals surface area contributed by atoms with Crippen LogP contribution in [0.15, 0.2) is 67.3 Å². The first-order chi connectivity index (χ1) is 17.4. The molecule has 0 aromatic heterocycles. The Bertz CT molecular complexity index is 1180. The Hall–Kier alpha value is -3.09. The number of benzene rings is 3. The molecule has 0 amide bonds. The Labute approximate surface area is 210 Å². The second-order valence-electron chi connectivity index (χ2n) is 9.27. The highest BCUT2D eigenvalue weighted by atomic mass is 19.2. The predicted octanol–water partition coefficient (Wildman–Crippen LogP) is 7.63. The quantitative estimate of drug-likeness (QED) is 0.310. The third-order valence-corrected chi connectivity index (χ3v) is 6.79. The number of ether oxygens (including phenoxy) is 2. The lowest BCUT2D eigenvalue weighted by molar-refractivity contribution is 0.0117. The number of halogens is 3. The summed E-state index contributed by atoms with van der Waals surface area (Å²) in [5, 5.41) is 9.64. The third kappa shape index (κ3) is 6.00. The van der Waals surface area contributed by atoms with Crippen LogP contribution in [0.2, 0.25) is 0 Å². The van der Waals surface area contributed by atoms with Gasteiger partial charge < -0.3 is 14.6 Å². The highest BCUT2D eigenvalue weighted by molar-refractivity contribution is 5.65. The van der Waals surface area contributed by atoms with Gasteiger partial charge in [-0.3, -0.25) is 0 Å². The van der Waals surface area contributed by atoms with E-state index in [9.17, 15) is 18.3 Å². The first-order valence-corrected chi connectivity index (χ1v) is 12.3. The molecule has 0 saturated heterocycles. The van der Waals surface area contributed by atoms with Crippen LogP contribution in [-0.2, 0) is 11.3 Å². The van der Waals surface area contributed by atoms with Crippen molar-refractivity contribution in [1.82, 2.24) is 0 Å². The summed E-state index contributed by atoms with van der Waals surface area (Å²) in [6, 6.07) is 14.8. The fraction of sp³-hybridized carbons (Fsp3) is 0.333. The average molecular weight is 497 g/mol. The molecule has 0 radical (unpaired) electrons. The Morgan fingerprint density at radius 3 is 2.33 bits per heavy atom. The smallest absolute Gasteiger partial charge is 0.167 e. The summed E-state index contributed by atoms with van der Waals surface area (Å²) in [5.41, 5.74) is 2.24. The van der Waals surface area contributed by atoms with Crippen molar-refractivity contribution < 1.29 is 27.8 Å². The van der Waals surface area contributed by atoms with Crippen LogP contribution in [0.3, 0.4) is 0 Å². The van der Waals surface area contributed by atoms with Crippen molar-refractivity contribution in [2.75, 3.05) is 6.61 Å². The minimum atomic E-state index is -0.916. The molecule has 3 aromatic carbocycles. The Morgan fingerprint density at radius 2 is 1.69 bits per heavy atom. The molecule has 1 N–H and O–H groups in total. The summed E-state index contributed by atoms with van der Waals surface area (Å²) in [4.78, 5) is 0. The molecule has 3 aromatic rings. The Balaban J connectivity index is 1.33. The Morgan fingerprint density at radius 1 is 0.972 bits per heavy atom. The van der Waals surface area contributed by atoms with Crippen molar-refractivity contribution >= 4 is 0 Å². The van der Waals surface area contributed by atoms with Crippen LogP contribution < -0.4 is 4.74 Å². The van der Waals surface area contributed by atoms with Gasteiger partial charge >= 0.3 is 0 Å². The van der Waals surface area contributed by atoms with Crippen molar-refractivity contribution in [3.8, 4) is 16.9 Å². The minimum Gasteiger partial charge on any atom is -0.489 e. The molecule has 1 fully saturated rings. The maximum atomic E-state index is 14.8. The lowest BCUT2D eigenvalue weighted by Gasteiger charge is -2.29. The van der Waals surface area contributed by atoms with Crippen LogP contribution >= 0.6 is 0 Å². The van der Waals surface area contributed by atoms with Gasteiger partial charge in [-0.15, -0.1) is 0 Å². The highest BCUT2D eigenvalue weighted by Crippen LogP contribution is 2.37. The average Bonchev–Trinajstić information content (AvgIpc) is 2.89. The van der Waals surface area contributed by atoms with Crippen LogP contribution in [0.25, 0.3) is 11.1 Å². The highest BCUT2D eigenvalue weighted by Gasteiger charge is 2.25. The molecule has 0 heterocycles. The molecule has 4 rings (SSSR count). The van der Waals surface area contributed by atoms with Gasteiger partial charge in [0.05, 0.1) is 18.8 Å². The largest absolute Gasteiger partial charge is 0.489 e. The molecule has 0 spiro atoms. The van der Waals surface area contributed by atoms with Gasteiger partial charge in [-0.05, 0) is 61.3 Å². The topological polar surface area (TPSA) is 38.7 Å². The zero-order valence-electron chi connectivity index (χ0n) is 20.4. The molecule has 36 heavy (non-hydrogen) atoms. The number of hydrogen-bond acceptors (Lipinski definition) is 3. The maximum absolute atomic E-state index is 14.8. The van der Waals surface area contributed by atoms with Crippen molar-refractivity contribution in [3.05, 3.63) is 101 Å². The van der Waals surface area contributed by atoms with Gasteiger partial charge in [0.2, 0.25) is 0 Å². The van der Waals surface area contributed by atoms with Crippen LogP contribution in [0.4, 0.5) is 13.2 Å². The summed E-state index contributed by atoms with van der Waals surface area (Å²) < 4.78 is 55.5. The van der Waals surface area contributed by atoms with Gasteiger partial charge in [0, 0.05) is 17.2 Å². The van der Waals surface area contributed by atoms with E-state index in [1.165, 1.54) is 6.07 Å². The molecular formula is C30H31F3O3. The monoisotopic (exact) mass is 496 g/mol. The molecule has 190 valence electrons. The maximum Gasteiger partial charge on any atom is 0.167 e. The van der Waals surface area contributed by atoms with E-state index in [2.05, 4.69) is 6.58 Å². The summed E-state index contributed by atoms with van der Waals surface area (Å²) in [5.74, 6) is -1.54. The fourth-order valence-electron chi connectivity index (χ4n) is 4.70. The summed E-state index contributed by atoms with van der Waals surface area (Å²) >= 11 is 0. The first kappa shape index (κ1) is 26.0. The van der Waals surface area contributed by atoms with Crippen LogP contribution in [0, 0.1) is 17.5 Å². The molecule has 0 bridgehead atoms. The van der Waals surface area contributed by atoms with E-state index in [4.69, 9.17) is 9.47 Å². The van der Waals surface area contributed by atoms with Gasteiger partial charge in [-0.1, -0.05) is 55.1 Å². The molecule has 1 saturated carbocycles. The summed E-state index contributed by atoms with van der Waals surface area (Å²) in [6.45, 7) is 5.53. The van der Waals surface area contributed by atoms with Gasteiger partial charge in [-0.25, -0.2) is 13.2 Å². The molecule has 1 aliphatic carbocycles. The Kier molecular flexibility index (Phi) is 8.49. The zero-order chi connectivity index (χ0) is 25.7. The first-order valence-electron chi connectivity index (χ1n) is 12.3. The number of aliphatic hydroxyl groups is 1. The lowest BCUT2D eigenvalue weighted by Crippen LogP contribution is -2.21. The van der Waals surface area contributed by atoms with Gasteiger partial charge in [0.1, 0.15) is 18.2 Å². The van der Waals surface area contributed by atoms with Gasteiger partial charge in [-0.2, -0.15) is 0 Å². The van der Waals surface area contributed by atoms with E-state index >= 15 is 0 Å². The van der Waals surface area contributed by atoms with Crippen LogP contribution in [0.5, 0.6) is 5.75 Å². The zero-order valence-corrected chi connectivity index (χ0v) is 20.4. The summed E-state index contributed by atoms with van der Waals surface area (Å²) in [6.07, 6.45) is 3.85. The molecule has 6 heteroatoms. The van der Waals surface area contributed by atoms with Crippen molar-refractivity contribution in [2.24, 2.45) is 0 Å². The molecule has 1 atom stereocenters. The van der Waals surface area contributed by atoms with Crippen molar-refractivity contribution in [2.45, 2.75) is 57.3 Å². The molecular weight excluding hydrogens is 465 g/mol. The summed E-state index contributed by atoms with van der Waals surface area (Å²) in [7, 11) is 0. The third-order valence-electron chi connectivity index (χ3n) is 6.79. The van der Waals surface area contributed by atoms with E-state index in [0.29, 0.717) is 29.0 Å². The minimum absolute atomic E-state index is 0.0248.